The third-order valence-electron chi connectivity index (χ3n) is 17.7. The highest BCUT2D eigenvalue weighted by Gasteiger charge is 2.37. The molecular formula is C69H124N20O16. The summed E-state index contributed by atoms with van der Waals surface area (Å²) in [6, 6.07) is -7.24. The lowest BCUT2D eigenvalue weighted by atomic mass is 9.84. The summed E-state index contributed by atoms with van der Waals surface area (Å²) in [6.45, 7) is 10.7. The van der Waals surface area contributed by atoms with E-state index >= 15 is 0 Å². The highest BCUT2D eigenvalue weighted by Crippen LogP contribution is 2.25. The van der Waals surface area contributed by atoms with Gasteiger partial charge in [-0.3, -0.25) is 87.1 Å². The molecule has 0 aliphatic rings. The van der Waals surface area contributed by atoms with E-state index in [2.05, 4.69) is 51.9 Å². The average molecular weight is 1490 g/mol. The van der Waals surface area contributed by atoms with E-state index in [0.717, 1.165) is 0 Å². The first-order valence-corrected chi connectivity index (χ1v) is 36.5. The molecule has 11 atom stereocenters. The van der Waals surface area contributed by atoms with Gasteiger partial charge in [-0.25, -0.2) is 0 Å². The first-order valence-electron chi connectivity index (χ1n) is 36.5. The number of carboxylic acids is 2. The molecule has 0 heterocycles. The van der Waals surface area contributed by atoms with Crippen LogP contribution < -0.4 is 89.2 Å². The van der Waals surface area contributed by atoms with Crippen molar-refractivity contribution in [2.75, 3.05) is 39.3 Å². The van der Waals surface area contributed by atoms with E-state index in [-0.39, 0.29) is 145 Å². The number of guanidine groups is 4. The summed E-state index contributed by atoms with van der Waals surface area (Å²) in [4.78, 5) is 208. The second kappa shape index (κ2) is 54.4. The van der Waals surface area contributed by atoms with Crippen LogP contribution in [0.1, 0.15) is 215 Å². The summed E-state index contributed by atoms with van der Waals surface area (Å²) in [5, 5.41) is 35.5. The Morgan fingerprint density at radius 3 is 1.08 bits per heavy atom. The highest BCUT2D eigenvalue weighted by atomic mass is 16.4. The minimum atomic E-state index is -1.51. The smallest absolute Gasteiger partial charge is 0.303 e. The molecule has 0 aromatic heterocycles. The number of hydrogen-bond acceptors (Lipinski definition) is 20. The zero-order valence-electron chi connectivity index (χ0n) is 62.4. The molecule has 0 unspecified atom stereocenters. The van der Waals surface area contributed by atoms with Gasteiger partial charge in [0.2, 0.25) is 35.4 Å². The van der Waals surface area contributed by atoms with Crippen molar-refractivity contribution in [1.82, 2.24) is 31.9 Å². The Hall–Kier alpha value is -9.22. The maximum absolute atomic E-state index is 14.6. The van der Waals surface area contributed by atoms with Crippen LogP contribution in [-0.2, 0) is 67.1 Å². The Bertz CT molecular complexity index is 2930. The van der Waals surface area contributed by atoms with Gasteiger partial charge < -0.3 is 99.5 Å². The van der Waals surface area contributed by atoms with Crippen LogP contribution in [0.2, 0.25) is 0 Å². The Labute approximate surface area is 616 Å². The first-order chi connectivity index (χ1) is 49.5. The third-order valence-corrected chi connectivity index (χ3v) is 17.7. The van der Waals surface area contributed by atoms with Crippen LogP contribution in [0.4, 0.5) is 0 Å². The topological polar surface area (TPSA) is 661 Å². The maximum Gasteiger partial charge on any atom is 0.303 e. The zero-order valence-corrected chi connectivity index (χ0v) is 62.4. The predicted octanol–water partition coefficient (Wildman–Crippen LogP) is -1.16. The van der Waals surface area contributed by atoms with Gasteiger partial charge in [0.05, 0.1) is 36.3 Å². The molecule has 0 aliphatic carbocycles. The molecule has 0 aromatic rings. The normalized spacial score (nSPS) is 14.2. The molecule has 0 radical (unpaired) electrons. The van der Waals surface area contributed by atoms with Gasteiger partial charge in [0.15, 0.2) is 58.5 Å². The number of nitrogens with zero attached hydrogens (tertiary/aromatic N) is 4. The number of carbonyl (C=O) groups excluding carboxylic acids is 12. The molecule has 0 aromatic carbocycles. The van der Waals surface area contributed by atoms with Crippen molar-refractivity contribution in [2.24, 2.45) is 113 Å². The van der Waals surface area contributed by atoms with Gasteiger partial charge in [0.1, 0.15) is 0 Å². The number of ketones is 6. The number of nitrogens with one attached hydrogen (secondary N) is 6. The standard InChI is InChI=1S/C69H124N20O16/c1-7-41(5)46(39-58(96)50(22-16-34-83-69(78)79)88-64(104)45(23-27-60(98)99)38-55(93)48(84-42(6)90)19-9-11-29-70)65(105)89-51(24-28-61(100)101)54(92)25-26-59(97)85-52(35-40(3)4)57(95)37-44(18-14-32-81-67(74)75)63(103)87-49(20-10-12-30-71)56(94)36-43(17-13-31-80-66(72)73)62(102)86-47(53(91)8-2)21-15-33-82-68(76)77/h40-41,43-52H,7-39,70-71H2,1-6H3,(H,84,90)(H,85,97)(H,86,102)(H,87,103)(H,88,104)(H,89,105)(H,98,99)(H,100,101)(H4,72,73,80)(H4,74,75,81)(H4,76,77,82)(H4,78,79,83)/t41-,43+,44+,45+,46-,47-,48-,49-,50-,51-,52-/m0/s1. The summed E-state index contributed by atoms with van der Waals surface area (Å²) in [7, 11) is 0. The van der Waals surface area contributed by atoms with Crippen molar-refractivity contribution in [2.45, 2.75) is 251 Å². The number of nitrogens with two attached hydrogens (primary N) is 10. The number of carbonyl (C=O) groups is 14. The van der Waals surface area contributed by atoms with Gasteiger partial charge >= 0.3 is 11.9 Å². The molecular weight excluding hydrogens is 1360 g/mol. The SMILES string of the molecule is CCC(=O)[C@H](CCCN=C(N)N)NC(=O)[C@H](CCCN=C(N)N)CC(=O)[C@H](CCCCN)NC(=O)[C@H](CCCN=C(N)N)CC(=O)[C@H](CC(C)C)NC(=O)CCC(=O)[C@H](CCC(=O)O)NC(=O)[C@@H](CC(=O)[C@H](CCCN=C(N)N)NC(=O)[C@H](CCC(=O)O)CC(=O)[C@H](CCCCN)NC(C)=O)[C@@H](C)CC. The molecule has 36 heteroatoms. The lowest BCUT2D eigenvalue weighted by molar-refractivity contribution is -0.140. The number of unbranched alkanes of at least 4 members (excludes halogenated alkanes) is 2. The largest absolute Gasteiger partial charge is 0.481 e. The number of amides is 6. The molecule has 0 bridgehead atoms. The lowest BCUT2D eigenvalue weighted by Gasteiger charge is -2.28. The minimum absolute atomic E-state index is 0.00152. The predicted molar refractivity (Wildman–Crippen MR) is 397 cm³/mol. The number of aliphatic imine (C=N–C) groups is 4. The molecule has 6 amide bonds. The van der Waals surface area contributed by atoms with Gasteiger partial charge in [0.25, 0.3) is 0 Å². The van der Waals surface area contributed by atoms with Crippen LogP contribution in [0, 0.1) is 35.5 Å². The highest BCUT2D eigenvalue weighted by molar-refractivity contribution is 5.99. The van der Waals surface area contributed by atoms with Crippen LogP contribution in [0.3, 0.4) is 0 Å². The summed E-state index contributed by atoms with van der Waals surface area (Å²) in [6.07, 6.45) is -1.34. The number of aliphatic carboxylic acids is 2. The molecule has 596 valence electrons. The Balaban J connectivity index is 7.12. The molecule has 36 nitrogen and oxygen atoms in total. The van der Waals surface area contributed by atoms with E-state index < -0.39 is 200 Å². The molecule has 0 aliphatic heterocycles. The Kier molecular flexibility index (Phi) is 49.6. The van der Waals surface area contributed by atoms with Gasteiger partial charge in [-0.05, 0) is 134 Å². The van der Waals surface area contributed by atoms with Gasteiger partial charge in [-0.1, -0.05) is 41.0 Å². The fraction of sp³-hybridized carbons (Fsp3) is 0.739. The number of hydrogen-bond donors (Lipinski definition) is 18. The zero-order chi connectivity index (χ0) is 79.7. The molecule has 28 N–H and O–H groups in total. The van der Waals surface area contributed by atoms with Crippen molar-refractivity contribution in [3.05, 3.63) is 0 Å². The summed E-state index contributed by atoms with van der Waals surface area (Å²) < 4.78 is 0. The minimum Gasteiger partial charge on any atom is -0.481 e. The third kappa shape index (κ3) is 44.3. The average Bonchev–Trinajstić information content (AvgIpc) is 0.874. The Morgan fingerprint density at radius 2 is 0.705 bits per heavy atom. The van der Waals surface area contributed by atoms with Crippen LogP contribution in [-0.4, -0.2) is 192 Å². The fourth-order valence-electron chi connectivity index (χ4n) is 11.6. The molecule has 0 fully saturated rings. The van der Waals surface area contributed by atoms with Gasteiger partial charge in [-0.15, -0.1) is 0 Å². The van der Waals surface area contributed by atoms with E-state index in [4.69, 9.17) is 57.3 Å². The molecule has 0 saturated heterocycles. The van der Waals surface area contributed by atoms with E-state index in [9.17, 15) is 77.3 Å². The van der Waals surface area contributed by atoms with E-state index in [1.165, 1.54) is 6.92 Å². The Morgan fingerprint density at radius 1 is 0.362 bits per heavy atom. The van der Waals surface area contributed by atoms with Gasteiger partial charge in [-0.2, -0.15) is 0 Å². The maximum atomic E-state index is 14.6. The van der Waals surface area contributed by atoms with E-state index in [1.54, 1.807) is 34.6 Å². The van der Waals surface area contributed by atoms with E-state index in [0.29, 0.717) is 45.1 Å². The van der Waals surface area contributed by atoms with Crippen LogP contribution in [0.25, 0.3) is 0 Å². The second-order valence-corrected chi connectivity index (χ2v) is 27.0. The quantitative estimate of drug-likeness (QED) is 0.0194. The monoisotopic (exact) mass is 1490 g/mol. The van der Waals surface area contributed by atoms with Crippen molar-refractivity contribution in [3.8, 4) is 0 Å². The molecule has 0 rings (SSSR count). The molecule has 0 spiro atoms. The summed E-state index contributed by atoms with van der Waals surface area (Å²) in [5.41, 5.74) is 55.8. The van der Waals surface area contributed by atoms with E-state index in [1.807, 2.05) is 0 Å². The molecule has 0 saturated carbocycles. The number of Topliss-reactive ketones (excluding diaryl/α,β-unsaturated/α-hetero) is 6. The lowest BCUT2D eigenvalue weighted by Crippen LogP contribution is -2.49. The number of rotatable bonds is 62. The van der Waals surface area contributed by atoms with Gasteiger partial charge in [0, 0.05) is 115 Å². The fourth-order valence-corrected chi connectivity index (χ4v) is 11.6. The van der Waals surface area contributed by atoms with Crippen molar-refractivity contribution in [1.29, 1.82) is 0 Å². The number of carboxylic acid groups (broad SMARTS) is 2. The van der Waals surface area contributed by atoms with Crippen LogP contribution in [0.5, 0.6) is 0 Å². The van der Waals surface area contributed by atoms with Crippen molar-refractivity contribution < 1.29 is 77.3 Å². The van der Waals surface area contributed by atoms with Crippen LogP contribution >= 0.6 is 0 Å². The van der Waals surface area contributed by atoms with Crippen LogP contribution in [0.15, 0.2) is 20.0 Å². The second-order valence-electron chi connectivity index (χ2n) is 27.0. The van der Waals surface area contributed by atoms with Crippen molar-refractivity contribution >= 4 is 106 Å². The first kappa shape index (κ1) is 95.8. The molecule has 105 heavy (non-hydrogen) atoms. The summed E-state index contributed by atoms with van der Waals surface area (Å²) >= 11 is 0. The van der Waals surface area contributed by atoms with Crippen molar-refractivity contribution in [3.63, 3.8) is 0 Å². The summed E-state index contributed by atoms with van der Waals surface area (Å²) in [5.74, 6) is -16.6.